The van der Waals surface area contributed by atoms with Crippen LogP contribution in [0.5, 0.6) is 5.75 Å². The molecule has 0 unspecified atom stereocenters. The quantitative estimate of drug-likeness (QED) is 0.388. The van der Waals surface area contributed by atoms with Gasteiger partial charge >= 0.3 is 0 Å². The average Bonchev–Trinajstić information content (AvgIpc) is 2.49. The Balaban J connectivity index is 2.18. The molecule has 0 heterocycles. The monoisotopic (exact) mass is 266 g/mol. The minimum Gasteiger partial charge on any atom is -0.497 e. The molecule has 2 aromatic rings. The van der Waals surface area contributed by atoms with Crippen LogP contribution in [0, 0.1) is 11.5 Å². The number of hydrogen-bond donors (Lipinski definition) is 2. The predicted molar refractivity (Wildman–Crippen MR) is 78.9 cm³/mol. The lowest BCUT2D eigenvalue weighted by Gasteiger charge is -2.07. The predicted octanol–water partition coefficient (Wildman–Crippen LogP) is 2.87. The first kappa shape index (κ1) is 13.4. The SMILES string of the molecule is COc1ccc(N=C(NC#N)Nc2ccccc2)cc1. The van der Waals surface area contributed by atoms with Gasteiger partial charge in [0, 0.05) is 5.69 Å². The number of para-hydroxylation sites is 1. The number of rotatable bonds is 3. The molecule has 2 aromatic carbocycles. The van der Waals surface area contributed by atoms with Crippen molar-refractivity contribution in [3.05, 3.63) is 54.6 Å². The van der Waals surface area contributed by atoms with E-state index in [4.69, 9.17) is 10.00 Å². The Hall–Kier alpha value is -3.00. The van der Waals surface area contributed by atoms with E-state index in [0.29, 0.717) is 11.6 Å². The summed E-state index contributed by atoms with van der Waals surface area (Å²) in [5.74, 6) is 1.12. The van der Waals surface area contributed by atoms with Gasteiger partial charge in [0.2, 0.25) is 5.96 Å². The van der Waals surface area contributed by atoms with Crippen LogP contribution in [-0.2, 0) is 0 Å². The number of hydrogen-bond acceptors (Lipinski definition) is 3. The first-order valence-electron chi connectivity index (χ1n) is 6.02. The fourth-order valence-corrected chi connectivity index (χ4v) is 1.58. The summed E-state index contributed by atoms with van der Waals surface area (Å²) < 4.78 is 5.09. The Labute approximate surface area is 117 Å². The van der Waals surface area contributed by atoms with Crippen molar-refractivity contribution in [1.29, 1.82) is 5.26 Å². The molecule has 0 aliphatic heterocycles. The molecular weight excluding hydrogens is 252 g/mol. The maximum absolute atomic E-state index is 8.77. The summed E-state index contributed by atoms with van der Waals surface area (Å²) in [6.07, 6.45) is 1.86. The van der Waals surface area contributed by atoms with E-state index < -0.39 is 0 Å². The fourth-order valence-electron chi connectivity index (χ4n) is 1.58. The third-order valence-corrected chi connectivity index (χ3v) is 2.52. The molecule has 0 spiro atoms. The van der Waals surface area contributed by atoms with Crippen LogP contribution in [0.2, 0.25) is 0 Å². The number of benzene rings is 2. The topological polar surface area (TPSA) is 69.4 Å². The standard InChI is InChI=1S/C15H14N4O/c1-20-14-9-7-13(8-10-14)19-15(17-11-16)18-12-5-3-2-4-6-12/h2-10H,1H3,(H2,17,18,19). The Bertz CT molecular complexity index is 615. The highest BCUT2D eigenvalue weighted by molar-refractivity contribution is 5.96. The normalized spacial score (nSPS) is 10.5. The summed E-state index contributed by atoms with van der Waals surface area (Å²) in [7, 11) is 1.61. The lowest BCUT2D eigenvalue weighted by atomic mass is 10.3. The molecule has 0 aromatic heterocycles. The second-order valence-corrected chi connectivity index (χ2v) is 3.89. The third-order valence-electron chi connectivity index (χ3n) is 2.52. The summed E-state index contributed by atoms with van der Waals surface area (Å²) in [4.78, 5) is 4.34. The van der Waals surface area contributed by atoms with Crippen molar-refractivity contribution in [3.63, 3.8) is 0 Å². The van der Waals surface area contributed by atoms with Crippen molar-refractivity contribution < 1.29 is 4.74 Å². The Morgan fingerprint density at radius 3 is 2.40 bits per heavy atom. The maximum atomic E-state index is 8.77. The summed E-state index contributed by atoms with van der Waals surface area (Å²) in [6, 6.07) is 16.7. The number of aliphatic imine (C=N–C) groups is 1. The summed E-state index contributed by atoms with van der Waals surface area (Å²) >= 11 is 0. The van der Waals surface area contributed by atoms with Gasteiger partial charge < -0.3 is 10.1 Å². The third kappa shape index (κ3) is 3.75. The molecule has 0 amide bonds. The minimum atomic E-state index is 0.365. The first-order valence-corrected chi connectivity index (χ1v) is 6.02. The molecule has 5 nitrogen and oxygen atoms in total. The van der Waals surface area contributed by atoms with Crippen LogP contribution in [-0.4, -0.2) is 13.1 Å². The largest absolute Gasteiger partial charge is 0.497 e. The molecular formula is C15H14N4O. The van der Waals surface area contributed by atoms with Crippen molar-refractivity contribution >= 4 is 17.3 Å². The number of nitrogens with one attached hydrogen (secondary N) is 2. The van der Waals surface area contributed by atoms with Gasteiger partial charge in [-0.1, -0.05) is 18.2 Å². The van der Waals surface area contributed by atoms with Gasteiger partial charge in [-0.2, -0.15) is 5.26 Å². The van der Waals surface area contributed by atoms with Gasteiger partial charge in [-0.05, 0) is 36.4 Å². The van der Waals surface area contributed by atoms with Crippen LogP contribution < -0.4 is 15.4 Å². The number of methoxy groups -OCH3 is 1. The highest BCUT2D eigenvalue weighted by atomic mass is 16.5. The lowest BCUT2D eigenvalue weighted by molar-refractivity contribution is 0.415. The smallest absolute Gasteiger partial charge is 0.214 e. The molecule has 2 N–H and O–H groups in total. The van der Waals surface area contributed by atoms with Crippen molar-refractivity contribution in [2.24, 2.45) is 4.99 Å². The molecule has 0 radical (unpaired) electrons. The van der Waals surface area contributed by atoms with Gasteiger partial charge in [-0.15, -0.1) is 0 Å². The molecule has 100 valence electrons. The highest BCUT2D eigenvalue weighted by Crippen LogP contribution is 2.18. The van der Waals surface area contributed by atoms with Gasteiger partial charge in [-0.25, -0.2) is 4.99 Å². The Kier molecular flexibility index (Phi) is 4.57. The summed E-state index contributed by atoms with van der Waals surface area (Å²) in [5.41, 5.74) is 1.56. The van der Waals surface area contributed by atoms with Crippen LogP contribution in [0.1, 0.15) is 0 Å². The van der Waals surface area contributed by atoms with E-state index in [1.54, 1.807) is 7.11 Å². The van der Waals surface area contributed by atoms with E-state index in [2.05, 4.69) is 15.6 Å². The van der Waals surface area contributed by atoms with Crippen molar-refractivity contribution in [2.75, 3.05) is 12.4 Å². The van der Waals surface area contributed by atoms with Crippen LogP contribution in [0.25, 0.3) is 0 Å². The lowest BCUT2D eigenvalue weighted by Crippen LogP contribution is -2.26. The summed E-state index contributed by atoms with van der Waals surface area (Å²) in [6.45, 7) is 0. The minimum absolute atomic E-state index is 0.365. The number of ether oxygens (including phenoxy) is 1. The number of nitrogens with zero attached hydrogens (tertiary/aromatic N) is 2. The van der Waals surface area contributed by atoms with E-state index in [9.17, 15) is 0 Å². The van der Waals surface area contributed by atoms with Gasteiger partial charge in [0.05, 0.1) is 12.8 Å². The van der Waals surface area contributed by atoms with E-state index in [1.165, 1.54) is 0 Å². The van der Waals surface area contributed by atoms with Crippen molar-refractivity contribution in [3.8, 4) is 11.9 Å². The van der Waals surface area contributed by atoms with E-state index in [0.717, 1.165) is 11.4 Å². The molecule has 0 atom stereocenters. The molecule has 0 saturated carbocycles. The molecule has 5 heteroatoms. The van der Waals surface area contributed by atoms with Crippen LogP contribution in [0.15, 0.2) is 59.6 Å². The van der Waals surface area contributed by atoms with Crippen LogP contribution in [0.3, 0.4) is 0 Å². The van der Waals surface area contributed by atoms with Crippen molar-refractivity contribution in [2.45, 2.75) is 0 Å². The average molecular weight is 266 g/mol. The van der Waals surface area contributed by atoms with E-state index in [1.807, 2.05) is 60.8 Å². The van der Waals surface area contributed by atoms with Crippen LogP contribution in [0.4, 0.5) is 11.4 Å². The van der Waals surface area contributed by atoms with E-state index in [-0.39, 0.29) is 0 Å². The molecule has 20 heavy (non-hydrogen) atoms. The van der Waals surface area contributed by atoms with Crippen molar-refractivity contribution in [1.82, 2.24) is 5.32 Å². The Morgan fingerprint density at radius 2 is 1.80 bits per heavy atom. The van der Waals surface area contributed by atoms with Gasteiger partial charge in [0.15, 0.2) is 6.19 Å². The fraction of sp³-hybridized carbons (Fsp3) is 0.0667. The van der Waals surface area contributed by atoms with Gasteiger partial charge in [0.25, 0.3) is 0 Å². The molecule has 0 saturated heterocycles. The maximum Gasteiger partial charge on any atom is 0.214 e. The highest BCUT2D eigenvalue weighted by Gasteiger charge is 2.00. The second-order valence-electron chi connectivity index (χ2n) is 3.89. The van der Waals surface area contributed by atoms with Gasteiger partial charge in [0.1, 0.15) is 5.75 Å². The second kappa shape index (κ2) is 6.81. The molecule has 2 rings (SSSR count). The number of nitriles is 1. The molecule has 0 bridgehead atoms. The van der Waals surface area contributed by atoms with E-state index >= 15 is 0 Å². The number of guanidine groups is 1. The summed E-state index contributed by atoms with van der Waals surface area (Å²) in [5, 5.41) is 14.3. The molecule has 0 aliphatic carbocycles. The molecule has 0 fully saturated rings. The molecule has 0 aliphatic rings. The van der Waals surface area contributed by atoms with Gasteiger partial charge in [-0.3, -0.25) is 5.32 Å². The Morgan fingerprint density at radius 1 is 1.10 bits per heavy atom. The van der Waals surface area contributed by atoms with Crippen LogP contribution >= 0.6 is 0 Å². The number of anilines is 1. The zero-order valence-corrected chi connectivity index (χ0v) is 11.0. The zero-order valence-electron chi connectivity index (χ0n) is 11.0. The first-order chi connectivity index (χ1) is 9.81. The zero-order chi connectivity index (χ0) is 14.2.